The Morgan fingerprint density at radius 2 is 1.80 bits per heavy atom. The molecule has 2 heterocycles. The highest BCUT2D eigenvalue weighted by molar-refractivity contribution is 7.89. The maximum absolute atomic E-state index is 13.7. The fraction of sp³-hybridized carbons (Fsp3) is 0.357. The molecule has 220 valence electrons. The average Bonchev–Trinajstić information content (AvgIpc) is 2.94. The molecule has 0 saturated heterocycles. The topological polar surface area (TPSA) is 112 Å². The van der Waals surface area contributed by atoms with Crippen LogP contribution < -0.4 is 10.1 Å². The van der Waals surface area contributed by atoms with Gasteiger partial charge in [0.15, 0.2) is 0 Å². The summed E-state index contributed by atoms with van der Waals surface area (Å²) in [4.78, 5) is 18.2. The number of alkyl halides is 3. The maximum Gasteiger partial charge on any atom is 0.416 e. The van der Waals surface area contributed by atoms with Crippen molar-refractivity contribution in [3.05, 3.63) is 72.6 Å². The van der Waals surface area contributed by atoms with Crippen molar-refractivity contribution in [2.45, 2.75) is 37.1 Å². The van der Waals surface area contributed by atoms with E-state index in [0.717, 1.165) is 17.7 Å². The molecular formula is C28H31F3N4O5S. The predicted octanol–water partition coefficient (Wildman–Crippen LogP) is 4.70. The van der Waals surface area contributed by atoms with E-state index in [1.54, 1.807) is 50.5 Å². The number of fused-ring (bicyclic) bond motifs is 1. The Kier molecular flexibility index (Phi) is 8.90. The first kappa shape index (κ1) is 30.3. The summed E-state index contributed by atoms with van der Waals surface area (Å²) in [5.41, 5.74) is 0.845. The Morgan fingerprint density at radius 1 is 1.15 bits per heavy atom. The van der Waals surface area contributed by atoms with E-state index in [9.17, 15) is 31.5 Å². The Bertz CT molecular complexity index is 1470. The van der Waals surface area contributed by atoms with Crippen LogP contribution in [0.25, 0.3) is 11.1 Å². The fourth-order valence-electron chi connectivity index (χ4n) is 4.48. The molecule has 9 nitrogen and oxygen atoms in total. The number of amides is 2. The number of hydrogen-bond donors (Lipinski definition) is 2. The lowest BCUT2D eigenvalue weighted by atomic mass is 10.0. The van der Waals surface area contributed by atoms with Crippen LogP contribution in [0.2, 0.25) is 0 Å². The van der Waals surface area contributed by atoms with Crippen LogP contribution in [0, 0.1) is 5.92 Å². The number of likely N-dealkylation sites (N-methyl/N-ethyl adjacent to an activating group) is 1. The monoisotopic (exact) mass is 592 g/mol. The number of urea groups is 1. The Balaban J connectivity index is 1.63. The molecule has 2 aromatic carbocycles. The molecule has 2 amide bonds. The van der Waals surface area contributed by atoms with Gasteiger partial charge in [0.25, 0.3) is 0 Å². The lowest BCUT2D eigenvalue weighted by molar-refractivity contribution is -0.137. The molecule has 4 rings (SSSR count). The molecule has 0 saturated carbocycles. The van der Waals surface area contributed by atoms with Gasteiger partial charge < -0.3 is 20.1 Å². The van der Waals surface area contributed by atoms with Crippen molar-refractivity contribution in [2.75, 3.05) is 32.1 Å². The highest BCUT2D eigenvalue weighted by Crippen LogP contribution is 2.36. The van der Waals surface area contributed by atoms with Gasteiger partial charge in [0.05, 0.1) is 18.7 Å². The van der Waals surface area contributed by atoms with Crippen molar-refractivity contribution < 1.29 is 36.2 Å². The average molecular weight is 593 g/mol. The zero-order valence-electron chi connectivity index (χ0n) is 22.7. The third-order valence-electron chi connectivity index (χ3n) is 6.94. The van der Waals surface area contributed by atoms with Crippen LogP contribution >= 0.6 is 0 Å². The first-order valence-electron chi connectivity index (χ1n) is 12.8. The smallest absolute Gasteiger partial charge is 0.416 e. The van der Waals surface area contributed by atoms with E-state index in [2.05, 4.69) is 10.3 Å². The summed E-state index contributed by atoms with van der Waals surface area (Å²) in [5.74, 6) is -0.319. The molecule has 0 fully saturated rings. The van der Waals surface area contributed by atoms with Crippen LogP contribution in [0.3, 0.4) is 0 Å². The van der Waals surface area contributed by atoms with Crippen LogP contribution in [0.5, 0.6) is 5.75 Å². The highest BCUT2D eigenvalue weighted by atomic mass is 32.2. The number of sulfonamides is 1. The number of halogens is 3. The van der Waals surface area contributed by atoms with E-state index in [0.29, 0.717) is 5.56 Å². The van der Waals surface area contributed by atoms with E-state index in [4.69, 9.17) is 4.74 Å². The lowest BCUT2D eigenvalue weighted by Crippen LogP contribution is -2.50. The molecule has 1 aliphatic heterocycles. The van der Waals surface area contributed by atoms with Gasteiger partial charge in [0, 0.05) is 43.6 Å². The van der Waals surface area contributed by atoms with Crippen LogP contribution in [0.4, 0.5) is 23.7 Å². The molecule has 1 aromatic heterocycles. The number of benzene rings is 2. The largest absolute Gasteiger partial charge is 0.487 e. The molecule has 13 heteroatoms. The van der Waals surface area contributed by atoms with E-state index >= 15 is 0 Å². The molecule has 41 heavy (non-hydrogen) atoms. The quantitative estimate of drug-likeness (QED) is 0.429. The van der Waals surface area contributed by atoms with Crippen LogP contribution in [-0.4, -0.2) is 72.6 Å². The van der Waals surface area contributed by atoms with Crippen molar-refractivity contribution >= 4 is 21.7 Å². The number of anilines is 1. The number of aliphatic hydroxyl groups is 1. The number of nitrogens with zero attached hydrogens (tertiary/aromatic N) is 3. The number of aromatic nitrogens is 1. The number of carbonyl (C=O) groups excluding carboxylic acids is 1. The molecule has 1 aliphatic rings. The second kappa shape index (κ2) is 12.0. The number of nitrogens with one attached hydrogen (secondary N) is 1. The van der Waals surface area contributed by atoms with E-state index < -0.39 is 52.5 Å². The minimum Gasteiger partial charge on any atom is -0.487 e. The maximum atomic E-state index is 13.7. The summed E-state index contributed by atoms with van der Waals surface area (Å²) < 4.78 is 73.5. The Labute approximate surface area is 236 Å². The molecule has 0 unspecified atom stereocenters. The fourth-order valence-corrected chi connectivity index (χ4v) is 6.31. The van der Waals surface area contributed by atoms with Gasteiger partial charge in [-0.3, -0.25) is 4.98 Å². The summed E-state index contributed by atoms with van der Waals surface area (Å²) in [6.45, 7) is 3.06. The third kappa shape index (κ3) is 6.80. The SMILES string of the molecule is C[C@H](CO)N1C[C@H](C)[C@H](CN(C)C(=O)Nc2ccc(C(F)(F)F)cc2)Oc2cc(-c3ccncc3)ccc2S1(=O)=O. The van der Waals surface area contributed by atoms with Gasteiger partial charge in [-0.1, -0.05) is 13.0 Å². The third-order valence-corrected chi connectivity index (χ3v) is 8.96. The van der Waals surface area contributed by atoms with Gasteiger partial charge in [-0.15, -0.1) is 0 Å². The van der Waals surface area contributed by atoms with Crippen LogP contribution in [0.15, 0.2) is 71.9 Å². The van der Waals surface area contributed by atoms with Gasteiger partial charge in [0.1, 0.15) is 16.7 Å². The molecule has 3 atom stereocenters. The summed E-state index contributed by atoms with van der Waals surface area (Å²) in [6.07, 6.45) is -1.94. The summed E-state index contributed by atoms with van der Waals surface area (Å²) in [5, 5.41) is 12.4. The molecule has 2 N–H and O–H groups in total. The van der Waals surface area contributed by atoms with Gasteiger partial charge in [-0.2, -0.15) is 17.5 Å². The predicted molar refractivity (Wildman–Crippen MR) is 147 cm³/mol. The van der Waals surface area contributed by atoms with Crippen LogP contribution in [-0.2, 0) is 16.2 Å². The Hall–Kier alpha value is -3.68. The number of ether oxygens (including phenoxy) is 1. The first-order valence-corrected chi connectivity index (χ1v) is 14.3. The van der Waals surface area contributed by atoms with Crippen molar-refractivity contribution in [1.82, 2.24) is 14.2 Å². The summed E-state index contributed by atoms with van der Waals surface area (Å²) in [7, 11) is -2.54. The van der Waals surface area contributed by atoms with Gasteiger partial charge in [-0.25, -0.2) is 13.2 Å². The van der Waals surface area contributed by atoms with E-state index in [1.807, 2.05) is 0 Å². The van der Waals surface area contributed by atoms with Gasteiger partial charge in [-0.05, 0) is 66.6 Å². The standard InChI is InChI=1S/C28H31F3N4O5S/c1-18-15-35(19(2)17-36)41(38,39)26-9-4-21(20-10-12-32-13-11-20)14-24(26)40-25(18)16-34(3)27(37)33-23-7-5-22(6-8-23)28(29,30)31/h4-14,18-19,25,36H,15-17H2,1-3H3,(H,33,37)/t18-,19+,25-/m0/s1. The van der Waals surface area contributed by atoms with E-state index in [1.165, 1.54) is 34.5 Å². The molecule has 3 aromatic rings. The van der Waals surface area contributed by atoms with Crippen molar-refractivity contribution in [3.63, 3.8) is 0 Å². The molecule has 0 bridgehead atoms. The molecular weight excluding hydrogens is 561 g/mol. The number of carbonyl (C=O) groups is 1. The summed E-state index contributed by atoms with van der Waals surface area (Å²) >= 11 is 0. The molecule has 0 aliphatic carbocycles. The first-order chi connectivity index (χ1) is 19.3. The summed E-state index contributed by atoms with van der Waals surface area (Å²) in [6, 6.07) is 11.1. The number of pyridine rings is 1. The van der Waals surface area contributed by atoms with Gasteiger partial charge >= 0.3 is 12.2 Å². The highest BCUT2D eigenvalue weighted by Gasteiger charge is 2.38. The molecule has 0 radical (unpaired) electrons. The van der Waals surface area contributed by atoms with Crippen LogP contribution in [0.1, 0.15) is 19.4 Å². The minimum atomic E-state index is -4.49. The second-order valence-electron chi connectivity index (χ2n) is 10.0. The van der Waals surface area contributed by atoms with Gasteiger partial charge in [0.2, 0.25) is 10.0 Å². The van der Waals surface area contributed by atoms with Crippen molar-refractivity contribution in [2.24, 2.45) is 5.92 Å². The zero-order chi connectivity index (χ0) is 29.9. The Morgan fingerprint density at radius 3 is 2.41 bits per heavy atom. The number of hydrogen-bond acceptors (Lipinski definition) is 6. The number of aliphatic hydroxyl groups excluding tert-OH is 1. The van der Waals surface area contributed by atoms with Crippen molar-refractivity contribution in [3.8, 4) is 16.9 Å². The molecule has 0 spiro atoms. The van der Waals surface area contributed by atoms with E-state index in [-0.39, 0.29) is 29.4 Å². The normalized spacial score (nSPS) is 19.7. The lowest BCUT2D eigenvalue weighted by Gasteiger charge is -2.37. The minimum absolute atomic E-state index is 0.0225. The second-order valence-corrected chi connectivity index (χ2v) is 11.9. The van der Waals surface area contributed by atoms with Crippen molar-refractivity contribution in [1.29, 1.82) is 0 Å². The zero-order valence-corrected chi connectivity index (χ0v) is 23.5. The number of rotatable bonds is 6.